The second kappa shape index (κ2) is 3.98. The lowest BCUT2D eigenvalue weighted by Crippen LogP contribution is -2.20. The van der Waals surface area contributed by atoms with E-state index in [1.54, 1.807) is 19.1 Å². The van der Waals surface area contributed by atoms with Crippen molar-refractivity contribution in [2.75, 3.05) is 25.3 Å². The van der Waals surface area contributed by atoms with Crippen molar-refractivity contribution in [1.82, 2.24) is 5.01 Å². The zero-order chi connectivity index (χ0) is 11.6. The molecule has 1 aromatic rings. The molecule has 0 spiro atoms. The van der Waals surface area contributed by atoms with E-state index in [1.807, 2.05) is 0 Å². The van der Waals surface area contributed by atoms with Crippen LogP contribution in [-0.4, -0.2) is 19.1 Å². The topological polar surface area (TPSA) is 41.3 Å². The van der Waals surface area contributed by atoms with E-state index < -0.39 is 11.7 Å². The average molecular weight is 219 g/mol. The summed E-state index contributed by atoms with van der Waals surface area (Å²) in [5.74, 6) is 0. The summed E-state index contributed by atoms with van der Waals surface area (Å²) in [6.07, 6.45) is -4.36. The van der Waals surface area contributed by atoms with Gasteiger partial charge in [-0.1, -0.05) is 0 Å². The molecule has 6 heteroatoms. The van der Waals surface area contributed by atoms with Gasteiger partial charge in [-0.3, -0.25) is 0 Å². The van der Waals surface area contributed by atoms with E-state index in [1.165, 1.54) is 6.07 Å². The maximum absolute atomic E-state index is 12.3. The first kappa shape index (κ1) is 11.6. The number of hydrazine groups is 1. The molecule has 0 aliphatic rings. The number of nitrogen functional groups attached to an aromatic ring is 1. The van der Waals surface area contributed by atoms with E-state index in [2.05, 4.69) is 5.43 Å². The molecule has 0 atom stereocenters. The van der Waals surface area contributed by atoms with Crippen LogP contribution in [0.15, 0.2) is 18.2 Å². The predicted molar refractivity (Wildman–Crippen MR) is 53.2 cm³/mol. The molecule has 0 amide bonds. The molecule has 0 saturated heterocycles. The van der Waals surface area contributed by atoms with Gasteiger partial charge in [0, 0.05) is 14.1 Å². The minimum Gasteiger partial charge on any atom is -0.397 e. The highest BCUT2D eigenvalue weighted by Gasteiger charge is 2.30. The first-order valence-electron chi connectivity index (χ1n) is 4.21. The smallest absolute Gasteiger partial charge is 0.397 e. The molecule has 0 aromatic heterocycles. The van der Waals surface area contributed by atoms with E-state index in [0.29, 0.717) is 5.69 Å². The number of anilines is 2. The van der Waals surface area contributed by atoms with Gasteiger partial charge < -0.3 is 11.2 Å². The predicted octanol–water partition coefficient (Wildman–Crippen LogP) is 2.18. The van der Waals surface area contributed by atoms with Gasteiger partial charge in [0.1, 0.15) is 0 Å². The number of hydrogen-bond acceptors (Lipinski definition) is 3. The normalized spacial score (nSPS) is 11.9. The molecule has 0 aliphatic heterocycles. The molecule has 0 fully saturated rings. The van der Waals surface area contributed by atoms with Gasteiger partial charge in [0.2, 0.25) is 0 Å². The number of alkyl halides is 3. The zero-order valence-electron chi connectivity index (χ0n) is 8.39. The Bertz CT molecular complexity index is 347. The number of nitrogens with two attached hydrogens (primary N) is 1. The molecular formula is C9H12F3N3. The SMILES string of the molecule is CN(C)Nc1ccc(C(F)(F)F)cc1N. The van der Waals surface area contributed by atoms with Crippen LogP contribution in [0.4, 0.5) is 24.5 Å². The van der Waals surface area contributed by atoms with Crippen molar-refractivity contribution in [1.29, 1.82) is 0 Å². The lowest BCUT2D eigenvalue weighted by Gasteiger charge is -2.16. The van der Waals surface area contributed by atoms with Crippen molar-refractivity contribution in [3.63, 3.8) is 0 Å². The van der Waals surface area contributed by atoms with Crippen molar-refractivity contribution >= 4 is 11.4 Å². The van der Waals surface area contributed by atoms with Crippen LogP contribution in [0.1, 0.15) is 5.56 Å². The molecule has 1 aromatic carbocycles. The van der Waals surface area contributed by atoms with Gasteiger partial charge in [-0.05, 0) is 18.2 Å². The summed E-state index contributed by atoms with van der Waals surface area (Å²) < 4.78 is 36.8. The van der Waals surface area contributed by atoms with Crippen LogP contribution >= 0.6 is 0 Å². The summed E-state index contributed by atoms with van der Waals surface area (Å²) in [6, 6.07) is 3.20. The summed E-state index contributed by atoms with van der Waals surface area (Å²) in [4.78, 5) is 0. The van der Waals surface area contributed by atoms with Crippen molar-refractivity contribution in [3.8, 4) is 0 Å². The summed E-state index contributed by atoms with van der Waals surface area (Å²) in [5.41, 5.74) is 8.04. The zero-order valence-corrected chi connectivity index (χ0v) is 8.39. The Morgan fingerprint density at radius 1 is 1.27 bits per heavy atom. The van der Waals surface area contributed by atoms with E-state index in [4.69, 9.17) is 5.73 Å². The Balaban J connectivity index is 2.98. The quantitative estimate of drug-likeness (QED) is 0.591. The van der Waals surface area contributed by atoms with Gasteiger partial charge in [-0.15, -0.1) is 0 Å². The second-order valence-corrected chi connectivity index (χ2v) is 3.31. The monoisotopic (exact) mass is 219 g/mol. The standard InChI is InChI=1S/C9H12F3N3/c1-15(2)14-8-4-3-6(5-7(8)13)9(10,11)12/h3-5,14H,13H2,1-2H3. The summed E-state index contributed by atoms with van der Waals surface area (Å²) >= 11 is 0. The molecule has 0 saturated carbocycles. The summed E-state index contributed by atoms with van der Waals surface area (Å²) in [6.45, 7) is 0. The van der Waals surface area contributed by atoms with Crippen LogP contribution in [0.5, 0.6) is 0 Å². The fraction of sp³-hybridized carbons (Fsp3) is 0.333. The highest BCUT2D eigenvalue weighted by Crippen LogP contribution is 2.32. The first-order chi connectivity index (χ1) is 6.80. The van der Waals surface area contributed by atoms with Crippen molar-refractivity contribution < 1.29 is 13.2 Å². The Labute approximate surface area is 85.6 Å². The average Bonchev–Trinajstić information content (AvgIpc) is 2.05. The van der Waals surface area contributed by atoms with Gasteiger partial charge in [-0.2, -0.15) is 13.2 Å². The van der Waals surface area contributed by atoms with Gasteiger partial charge in [-0.25, -0.2) is 5.01 Å². The molecule has 3 N–H and O–H groups in total. The van der Waals surface area contributed by atoms with Crippen molar-refractivity contribution in [3.05, 3.63) is 23.8 Å². The third-order valence-electron chi connectivity index (χ3n) is 1.72. The van der Waals surface area contributed by atoms with Crippen LogP contribution in [0.3, 0.4) is 0 Å². The largest absolute Gasteiger partial charge is 0.416 e. The lowest BCUT2D eigenvalue weighted by atomic mass is 10.1. The molecule has 1 rings (SSSR count). The number of hydrogen-bond donors (Lipinski definition) is 2. The molecule has 84 valence electrons. The van der Waals surface area contributed by atoms with Crippen LogP contribution in [0.25, 0.3) is 0 Å². The summed E-state index contributed by atoms with van der Waals surface area (Å²) in [7, 11) is 3.44. The van der Waals surface area contributed by atoms with E-state index in [0.717, 1.165) is 12.1 Å². The van der Waals surface area contributed by atoms with Crippen molar-refractivity contribution in [2.45, 2.75) is 6.18 Å². The fourth-order valence-electron chi connectivity index (χ4n) is 1.08. The van der Waals surface area contributed by atoms with Gasteiger partial charge in [0.25, 0.3) is 0 Å². The molecular weight excluding hydrogens is 207 g/mol. The number of rotatable bonds is 2. The number of nitrogens with zero attached hydrogens (tertiary/aromatic N) is 1. The molecule has 0 radical (unpaired) electrons. The van der Waals surface area contributed by atoms with E-state index in [-0.39, 0.29) is 5.69 Å². The molecule has 0 heterocycles. The number of nitrogens with one attached hydrogen (secondary N) is 1. The fourth-order valence-corrected chi connectivity index (χ4v) is 1.08. The number of benzene rings is 1. The van der Waals surface area contributed by atoms with Gasteiger partial charge >= 0.3 is 6.18 Å². The van der Waals surface area contributed by atoms with Crippen LogP contribution in [0, 0.1) is 0 Å². The Hall–Kier alpha value is -1.43. The maximum Gasteiger partial charge on any atom is 0.416 e. The summed E-state index contributed by atoms with van der Waals surface area (Å²) in [5, 5.41) is 1.60. The molecule has 0 aliphatic carbocycles. The minimum atomic E-state index is -4.36. The van der Waals surface area contributed by atoms with E-state index >= 15 is 0 Å². The Morgan fingerprint density at radius 2 is 1.87 bits per heavy atom. The molecule has 0 unspecified atom stereocenters. The van der Waals surface area contributed by atoms with Gasteiger partial charge in [0.05, 0.1) is 16.9 Å². The maximum atomic E-state index is 12.3. The van der Waals surface area contributed by atoms with Crippen molar-refractivity contribution in [2.24, 2.45) is 0 Å². The van der Waals surface area contributed by atoms with Crippen LogP contribution < -0.4 is 11.2 Å². The molecule has 15 heavy (non-hydrogen) atoms. The van der Waals surface area contributed by atoms with Crippen LogP contribution in [0.2, 0.25) is 0 Å². The van der Waals surface area contributed by atoms with Gasteiger partial charge in [0.15, 0.2) is 0 Å². The lowest BCUT2D eigenvalue weighted by molar-refractivity contribution is -0.137. The van der Waals surface area contributed by atoms with Crippen LogP contribution in [-0.2, 0) is 6.18 Å². The Morgan fingerprint density at radius 3 is 2.27 bits per heavy atom. The third-order valence-corrected chi connectivity index (χ3v) is 1.72. The molecule has 3 nitrogen and oxygen atoms in total. The minimum absolute atomic E-state index is 0.0681. The van der Waals surface area contributed by atoms with E-state index in [9.17, 15) is 13.2 Å². The number of halogens is 3. The Kier molecular flexibility index (Phi) is 3.09. The highest BCUT2D eigenvalue weighted by molar-refractivity contribution is 5.66. The second-order valence-electron chi connectivity index (χ2n) is 3.31. The highest BCUT2D eigenvalue weighted by atomic mass is 19.4. The first-order valence-corrected chi connectivity index (χ1v) is 4.21. The molecule has 0 bridgehead atoms. The third kappa shape index (κ3) is 3.02.